The molecule has 3 aromatic carbocycles. The molecule has 14 nitrogen and oxygen atoms in total. The van der Waals surface area contributed by atoms with Crippen LogP contribution in [0.1, 0.15) is 67.1 Å². The van der Waals surface area contributed by atoms with Crippen molar-refractivity contribution in [1.82, 2.24) is 4.90 Å². The molecule has 0 spiro atoms. The van der Waals surface area contributed by atoms with Crippen molar-refractivity contribution < 1.29 is 57.4 Å². The zero-order valence-corrected chi connectivity index (χ0v) is 30.4. The first-order valence-corrected chi connectivity index (χ1v) is 18.3. The van der Waals surface area contributed by atoms with Crippen LogP contribution in [0.5, 0.6) is 0 Å². The number of amides is 1. The number of esters is 2. The minimum absolute atomic E-state index is 0.0557. The summed E-state index contributed by atoms with van der Waals surface area (Å²) in [5.74, 6) is -2.04. The molecule has 1 amide bonds. The molecule has 0 aromatic heterocycles. The summed E-state index contributed by atoms with van der Waals surface area (Å²) in [5.41, 5.74) is 3.33. The lowest BCUT2D eigenvalue weighted by molar-refractivity contribution is -0.276. The van der Waals surface area contributed by atoms with Gasteiger partial charge in [-0.15, -0.1) is 0 Å². The fourth-order valence-corrected chi connectivity index (χ4v) is 6.44. The molecule has 2 fully saturated rings. The van der Waals surface area contributed by atoms with Crippen molar-refractivity contribution in [3.8, 4) is 0 Å². The number of cyclic esters (lactones) is 2. The number of aliphatic hydroxyl groups is 1. The van der Waals surface area contributed by atoms with E-state index in [9.17, 15) is 19.5 Å². The lowest BCUT2D eigenvalue weighted by Crippen LogP contribution is -2.46. The number of carbonyl (C=O) groups is 3. The van der Waals surface area contributed by atoms with Crippen LogP contribution in [0.3, 0.4) is 0 Å². The van der Waals surface area contributed by atoms with Gasteiger partial charge >= 0.3 is 11.9 Å². The summed E-state index contributed by atoms with van der Waals surface area (Å²) < 4.78 is 46.6. The zero-order chi connectivity index (χ0) is 37.7. The molecular formula is C40H48N2O12. The average Bonchev–Trinajstić information content (AvgIpc) is 3.48. The monoisotopic (exact) mass is 748 g/mol. The van der Waals surface area contributed by atoms with Crippen molar-refractivity contribution in [3.63, 3.8) is 0 Å². The largest absolute Gasteiger partial charge is 0.392 e. The number of nitrogens with one attached hydrogen (secondary N) is 1. The third kappa shape index (κ3) is 10.8. The van der Waals surface area contributed by atoms with Gasteiger partial charge in [0.1, 0.15) is 0 Å². The Morgan fingerprint density at radius 1 is 0.722 bits per heavy atom. The number of carbonyl (C=O) groups excluding carboxylic acids is 3. The molecule has 2 N–H and O–H groups in total. The minimum Gasteiger partial charge on any atom is -0.392 e. The van der Waals surface area contributed by atoms with Gasteiger partial charge in [0.15, 0.2) is 6.29 Å². The summed E-state index contributed by atoms with van der Waals surface area (Å²) in [7, 11) is 0. The lowest BCUT2D eigenvalue weighted by Gasteiger charge is -2.43. The Bertz CT molecular complexity index is 1680. The summed E-state index contributed by atoms with van der Waals surface area (Å²) in [6.07, 6.45) is -1.40. The van der Waals surface area contributed by atoms with Crippen LogP contribution in [0, 0.1) is 5.92 Å². The SMILES string of the molecule is C[C@H]1[C@@H](CN2CCOCCOCCOCCOCCOCC2)OC(c2cccc(NC(=O)c3ccc4c(c3)C(=O)OC4=O)c2)O[C@H]1c1ccc(CO)cc1. The van der Waals surface area contributed by atoms with Crippen LogP contribution in [0.2, 0.25) is 0 Å². The highest BCUT2D eigenvalue weighted by Crippen LogP contribution is 2.42. The Balaban J connectivity index is 1.17. The zero-order valence-electron chi connectivity index (χ0n) is 30.4. The Hall–Kier alpha value is -4.09. The van der Waals surface area contributed by atoms with Crippen molar-refractivity contribution in [2.45, 2.75) is 32.0 Å². The highest BCUT2D eigenvalue weighted by Gasteiger charge is 2.39. The van der Waals surface area contributed by atoms with E-state index in [1.165, 1.54) is 18.2 Å². The number of rotatable bonds is 7. The second-order valence-corrected chi connectivity index (χ2v) is 13.2. The van der Waals surface area contributed by atoms with E-state index in [1.54, 1.807) is 18.2 Å². The lowest BCUT2D eigenvalue weighted by atomic mass is 9.90. The number of fused-ring (bicyclic) bond motifs is 1. The maximum atomic E-state index is 13.3. The second-order valence-electron chi connectivity index (χ2n) is 13.2. The molecule has 3 aliphatic rings. The molecular weight excluding hydrogens is 700 g/mol. The second kappa shape index (κ2) is 20.0. The van der Waals surface area contributed by atoms with Gasteiger partial charge in [-0.05, 0) is 41.5 Å². The van der Waals surface area contributed by atoms with Crippen LogP contribution >= 0.6 is 0 Å². The summed E-state index contributed by atoms with van der Waals surface area (Å²) in [5, 5.41) is 12.5. The Kier molecular flexibility index (Phi) is 14.7. The Morgan fingerprint density at radius 3 is 1.96 bits per heavy atom. The minimum atomic E-state index is -0.780. The van der Waals surface area contributed by atoms with Gasteiger partial charge < -0.3 is 48.3 Å². The quantitative estimate of drug-likeness (QED) is 0.265. The predicted octanol–water partition coefficient (Wildman–Crippen LogP) is 3.93. The van der Waals surface area contributed by atoms with E-state index < -0.39 is 24.1 Å². The van der Waals surface area contributed by atoms with Crippen LogP contribution < -0.4 is 5.32 Å². The predicted molar refractivity (Wildman–Crippen MR) is 194 cm³/mol. The molecule has 4 atom stereocenters. The maximum Gasteiger partial charge on any atom is 0.346 e. The van der Waals surface area contributed by atoms with Crippen LogP contribution in [0.4, 0.5) is 5.69 Å². The van der Waals surface area contributed by atoms with Crippen LogP contribution in [-0.4, -0.2) is 120 Å². The van der Waals surface area contributed by atoms with Crippen LogP contribution in [-0.2, 0) is 44.5 Å². The van der Waals surface area contributed by atoms with Gasteiger partial charge in [-0.2, -0.15) is 0 Å². The summed E-state index contributed by atoms with van der Waals surface area (Å²) in [4.78, 5) is 39.5. The number of hydrogen-bond acceptors (Lipinski definition) is 13. The third-order valence-corrected chi connectivity index (χ3v) is 9.48. The van der Waals surface area contributed by atoms with Gasteiger partial charge in [0, 0.05) is 42.4 Å². The maximum absolute atomic E-state index is 13.3. The van der Waals surface area contributed by atoms with Crippen molar-refractivity contribution >= 4 is 23.5 Å². The number of nitrogens with zero attached hydrogens (tertiary/aromatic N) is 1. The van der Waals surface area contributed by atoms with Gasteiger partial charge in [0.25, 0.3) is 5.91 Å². The fraction of sp³-hybridized carbons (Fsp3) is 0.475. The molecule has 3 heterocycles. The van der Waals surface area contributed by atoms with E-state index >= 15 is 0 Å². The van der Waals surface area contributed by atoms with Crippen molar-refractivity contribution in [2.75, 3.05) is 91.0 Å². The smallest absolute Gasteiger partial charge is 0.346 e. The molecule has 290 valence electrons. The summed E-state index contributed by atoms with van der Waals surface area (Å²) in [6, 6.07) is 19.2. The fourth-order valence-electron chi connectivity index (χ4n) is 6.44. The molecule has 1 unspecified atom stereocenters. The number of benzene rings is 3. The van der Waals surface area contributed by atoms with E-state index in [0.717, 1.165) is 11.1 Å². The summed E-state index contributed by atoms with van der Waals surface area (Å²) in [6.45, 7) is 8.79. The normalized spacial score (nSPS) is 24.2. The first kappa shape index (κ1) is 39.6. The molecule has 0 bridgehead atoms. The molecule has 6 rings (SSSR count). The number of ether oxygens (including phenoxy) is 8. The van der Waals surface area contributed by atoms with E-state index in [-0.39, 0.29) is 41.4 Å². The van der Waals surface area contributed by atoms with Crippen LogP contribution in [0.25, 0.3) is 0 Å². The topological polar surface area (TPSA) is 161 Å². The molecule has 14 heteroatoms. The number of anilines is 1. The summed E-state index contributed by atoms with van der Waals surface area (Å²) >= 11 is 0. The number of hydrogen-bond donors (Lipinski definition) is 2. The molecule has 3 aliphatic heterocycles. The number of aliphatic hydroxyl groups excluding tert-OH is 1. The molecule has 54 heavy (non-hydrogen) atoms. The van der Waals surface area contributed by atoms with Crippen molar-refractivity contribution in [3.05, 3.63) is 100 Å². The van der Waals surface area contributed by atoms with E-state index in [0.29, 0.717) is 97.0 Å². The molecule has 0 radical (unpaired) electrons. The molecule has 2 saturated heterocycles. The average molecular weight is 749 g/mol. The molecule has 3 aromatic rings. The molecule has 0 aliphatic carbocycles. The van der Waals surface area contributed by atoms with Crippen molar-refractivity contribution in [2.24, 2.45) is 5.92 Å². The Morgan fingerprint density at radius 2 is 1.33 bits per heavy atom. The van der Waals surface area contributed by atoms with Gasteiger partial charge in [0.2, 0.25) is 0 Å². The van der Waals surface area contributed by atoms with E-state index in [4.69, 9.17) is 33.2 Å². The van der Waals surface area contributed by atoms with Gasteiger partial charge in [-0.3, -0.25) is 9.69 Å². The van der Waals surface area contributed by atoms with Gasteiger partial charge in [-0.25, -0.2) is 9.59 Å². The first-order valence-electron chi connectivity index (χ1n) is 18.3. The van der Waals surface area contributed by atoms with Crippen molar-refractivity contribution in [1.29, 1.82) is 0 Å². The highest BCUT2D eigenvalue weighted by molar-refractivity contribution is 6.16. The Labute approximate surface area is 314 Å². The molecule has 0 saturated carbocycles. The highest BCUT2D eigenvalue weighted by atomic mass is 16.7. The standard InChI is InChI=1S/C40H48N2O12/c1-27-35(25-42-11-13-47-15-17-49-19-21-51-22-20-50-18-16-48-14-12-42)52-40(53-36(27)29-7-5-28(26-43)6-8-29)31-3-2-4-32(23-31)41-37(44)30-9-10-33-34(24-30)39(46)54-38(33)45/h2-10,23-24,27,35-36,40,43H,11-22,25-26H2,1H3,(H,41,44)/t27-,35+,36+,40?/m0/s1. The van der Waals surface area contributed by atoms with Gasteiger partial charge in [-0.1, -0.05) is 43.3 Å². The first-order chi connectivity index (χ1) is 26.4. The van der Waals surface area contributed by atoms with Crippen LogP contribution in [0.15, 0.2) is 66.7 Å². The van der Waals surface area contributed by atoms with Gasteiger partial charge in [0.05, 0.1) is 96.0 Å². The third-order valence-electron chi connectivity index (χ3n) is 9.48. The van der Waals surface area contributed by atoms with E-state index in [1.807, 2.05) is 30.3 Å². The van der Waals surface area contributed by atoms with E-state index in [2.05, 4.69) is 21.9 Å².